The summed E-state index contributed by atoms with van der Waals surface area (Å²) in [4.78, 5) is 4.37. The maximum atomic E-state index is 4.37. The van der Waals surface area contributed by atoms with Crippen molar-refractivity contribution in [2.75, 3.05) is 6.54 Å². The standard InChI is InChI=1S/C13H24N2S/c1-7-13(14-8-2)15-16-12(6)11(5)9-10(3)4/h12H,3,5,7-9H2,1-2,4,6H3,(H,14,15). The van der Waals surface area contributed by atoms with Gasteiger partial charge in [-0.2, -0.15) is 0 Å². The summed E-state index contributed by atoms with van der Waals surface area (Å²) in [5.74, 6) is 1.06. The molecule has 0 radical (unpaired) electrons. The fraction of sp³-hybridized carbons (Fsp3) is 0.615. The molecule has 92 valence electrons. The van der Waals surface area contributed by atoms with Crippen molar-refractivity contribution in [3.05, 3.63) is 24.3 Å². The van der Waals surface area contributed by atoms with E-state index in [1.165, 1.54) is 5.57 Å². The van der Waals surface area contributed by atoms with Gasteiger partial charge in [0, 0.05) is 18.2 Å². The highest BCUT2D eigenvalue weighted by Gasteiger charge is 2.08. The SMILES string of the molecule is C=C(C)CC(=C)C(C)SNC(CC)=NCC. The first-order valence-electron chi connectivity index (χ1n) is 5.78. The van der Waals surface area contributed by atoms with Crippen LogP contribution < -0.4 is 4.72 Å². The highest BCUT2D eigenvalue weighted by molar-refractivity contribution is 7.98. The summed E-state index contributed by atoms with van der Waals surface area (Å²) >= 11 is 1.68. The average Bonchev–Trinajstić information content (AvgIpc) is 2.22. The van der Waals surface area contributed by atoms with Gasteiger partial charge in [0.25, 0.3) is 0 Å². The second kappa shape index (κ2) is 8.45. The largest absolute Gasteiger partial charge is 0.318 e. The first-order valence-corrected chi connectivity index (χ1v) is 6.66. The summed E-state index contributed by atoms with van der Waals surface area (Å²) in [5.41, 5.74) is 2.37. The molecular formula is C13H24N2S. The number of amidine groups is 1. The number of allylic oxidation sites excluding steroid dienone is 1. The number of aliphatic imine (C=N–C) groups is 1. The number of hydrogen-bond acceptors (Lipinski definition) is 2. The molecule has 0 fully saturated rings. The van der Waals surface area contributed by atoms with Crippen LogP contribution in [-0.4, -0.2) is 17.6 Å². The van der Waals surface area contributed by atoms with E-state index in [0.29, 0.717) is 5.25 Å². The van der Waals surface area contributed by atoms with Gasteiger partial charge in [-0.1, -0.05) is 31.2 Å². The maximum Gasteiger partial charge on any atom is 0.106 e. The highest BCUT2D eigenvalue weighted by Crippen LogP contribution is 2.20. The molecule has 3 heteroatoms. The van der Waals surface area contributed by atoms with Gasteiger partial charge in [0.05, 0.1) is 0 Å². The molecule has 0 aromatic carbocycles. The smallest absolute Gasteiger partial charge is 0.106 e. The van der Waals surface area contributed by atoms with Gasteiger partial charge in [0.15, 0.2) is 0 Å². The Bertz CT molecular complexity index is 269. The summed E-state index contributed by atoms with van der Waals surface area (Å²) in [6.07, 6.45) is 1.85. The van der Waals surface area contributed by atoms with Crippen molar-refractivity contribution < 1.29 is 0 Å². The second-order valence-corrected chi connectivity index (χ2v) is 5.08. The van der Waals surface area contributed by atoms with Gasteiger partial charge in [-0.3, -0.25) is 4.99 Å². The predicted octanol–water partition coefficient (Wildman–Crippen LogP) is 3.96. The number of nitrogens with zero attached hydrogens (tertiary/aromatic N) is 1. The molecular weight excluding hydrogens is 216 g/mol. The van der Waals surface area contributed by atoms with E-state index in [0.717, 1.165) is 30.8 Å². The predicted molar refractivity (Wildman–Crippen MR) is 77.0 cm³/mol. The van der Waals surface area contributed by atoms with Crippen molar-refractivity contribution >= 4 is 17.8 Å². The van der Waals surface area contributed by atoms with Crippen LogP contribution >= 0.6 is 11.9 Å². The van der Waals surface area contributed by atoms with E-state index < -0.39 is 0 Å². The van der Waals surface area contributed by atoms with Crippen molar-refractivity contribution in [1.82, 2.24) is 4.72 Å². The molecule has 0 aromatic heterocycles. The zero-order chi connectivity index (χ0) is 12.6. The minimum Gasteiger partial charge on any atom is -0.318 e. The first kappa shape index (κ1) is 15.3. The van der Waals surface area contributed by atoms with Gasteiger partial charge >= 0.3 is 0 Å². The fourth-order valence-electron chi connectivity index (χ4n) is 1.18. The highest BCUT2D eigenvalue weighted by atomic mass is 32.2. The van der Waals surface area contributed by atoms with Gasteiger partial charge in [0.1, 0.15) is 5.84 Å². The van der Waals surface area contributed by atoms with Crippen molar-refractivity contribution in [2.45, 2.75) is 45.8 Å². The zero-order valence-electron chi connectivity index (χ0n) is 11.0. The molecule has 0 heterocycles. The molecule has 0 saturated heterocycles. The Kier molecular flexibility index (Phi) is 8.08. The Labute approximate surface area is 104 Å². The number of nitrogens with one attached hydrogen (secondary N) is 1. The van der Waals surface area contributed by atoms with Gasteiger partial charge in [-0.25, -0.2) is 0 Å². The molecule has 1 unspecified atom stereocenters. The first-order chi connectivity index (χ1) is 7.51. The molecule has 0 amide bonds. The summed E-state index contributed by atoms with van der Waals surface area (Å²) in [6.45, 7) is 17.2. The summed E-state index contributed by atoms with van der Waals surface area (Å²) in [6, 6.07) is 0. The van der Waals surface area contributed by atoms with E-state index in [2.05, 4.69) is 36.7 Å². The van der Waals surface area contributed by atoms with Gasteiger partial charge in [-0.15, -0.1) is 0 Å². The topological polar surface area (TPSA) is 24.4 Å². The Balaban J connectivity index is 4.05. The van der Waals surface area contributed by atoms with Gasteiger partial charge < -0.3 is 4.72 Å². The van der Waals surface area contributed by atoms with Gasteiger partial charge in [-0.05, 0) is 39.1 Å². The van der Waals surface area contributed by atoms with Crippen LogP contribution in [-0.2, 0) is 0 Å². The Hall–Kier alpha value is -0.700. The van der Waals surface area contributed by atoms with Gasteiger partial charge in [0.2, 0.25) is 0 Å². The van der Waals surface area contributed by atoms with Crippen LogP contribution in [0, 0.1) is 0 Å². The number of hydrogen-bond donors (Lipinski definition) is 1. The van der Waals surface area contributed by atoms with E-state index >= 15 is 0 Å². The minimum atomic E-state index is 0.380. The lowest BCUT2D eigenvalue weighted by molar-refractivity contribution is 1.01. The van der Waals surface area contributed by atoms with Crippen LogP contribution in [0.4, 0.5) is 0 Å². The molecule has 0 rings (SSSR count). The van der Waals surface area contributed by atoms with Crippen LogP contribution in [0.15, 0.2) is 29.3 Å². The zero-order valence-corrected chi connectivity index (χ0v) is 11.8. The molecule has 0 bridgehead atoms. The maximum absolute atomic E-state index is 4.37. The summed E-state index contributed by atoms with van der Waals surface area (Å²) in [5, 5.41) is 0.380. The second-order valence-electron chi connectivity index (χ2n) is 3.93. The normalized spacial score (nSPS) is 13.4. The Morgan fingerprint density at radius 1 is 1.38 bits per heavy atom. The van der Waals surface area contributed by atoms with Crippen molar-refractivity contribution in [2.24, 2.45) is 4.99 Å². The van der Waals surface area contributed by atoms with Crippen LogP contribution in [0.1, 0.15) is 40.5 Å². The molecule has 0 aromatic rings. The Morgan fingerprint density at radius 3 is 2.44 bits per heavy atom. The van der Waals surface area contributed by atoms with E-state index in [4.69, 9.17) is 0 Å². The molecule has 1 atom stereocenters. The molecule has 16 heavy (non-hydrogen) atoms. The van der Waals surface area contributed by atoms with Crippen LogP contribution in [0.3, 0.4) is 0 Å². The van der Waals surface area contributed by atoms with E-state index in [9.17, 15) is 0 Å². The molecule has 0 saturated carbocycles. The van der Waals surface area contributed by atoms with Crippen LogP contribution in [0.2, 0.25) is 0 Å². The van der Waals surface area contributed by atoms with Crippen molar-refractivity contribution in [1.29, 1.82) is 0 Å². The van der Waals surface area contributed by atoms with E-state index in [-0.39, 0.29) is 0 Å². The van der Waals surface area contributed by atoms with Crippen LogP contribution in [0.25, 0.3) is 0 Å². The third kappa shape index (κ3) is 6.72. The molecule has 1 N–H and O–H groups in total. The monoisotopic (exact) mass is 240 g/mol. The van der Waals surface area contributed by atoms with E-state index in [1.807, 2.05) is 13.8 Å². The lowest BCUT2D eigenvalue weighted by Gasteiger charge is -2.16. The average molecular weight is 240 g/mol. The fourth-order valence-corrected chi connectivity index (χ4v) is 1.95. The molecule has 0 aliphatic rings. The Morgan fingerprint density at radius 2 is 2.00 bits per heavy atom. The summed E-state index contributed by atoms with van der Waals surface area (Å²) < 4.78 is 3.30. The minimum absolute atomic E-state index is 0.380. The number of rotatable bonds is 7. The molecule has 2 nitrogen and oxygen atoms in total. The lowest BCUT2D eigenvalue weighted by atomic mass is 10.1. The summed E-state index contributed by atoms with van der Waals surface area (Å²) in [7, 11) is 0. The molecule has 0 aliphatic heterocycles. The molecule has 0 spiro atoms. The quantitative estimate of drug-likeness (QED) is 0.315. The van der Waals surface area contributed by atoms with Crippen LogP contribution in [0.5, 0.6) is 0 Å². The van der Waals surface area contributed by atoms with E-state index in [1.54, 1.807) is 11.9 Å². The molecule has 0 aliphatic carbocycles. The third-order valence-corrected chi connectivity index (χ3v) is 3.18. The lowest BCUT2D eigenvalue weighted by Crippen LogP contribution is -2.19. The van der Waals surface area contributed by atoms with Crippen molar-refractivity contribution in [3.8, 4) is 0 Å². The third-order valence-electron chi connectivity index (χ3n) is 2.14. The van der Waals surface area contributed by atoms with Crippen molar-refractivity contribution in [3.63, 3.8) is 0 Å².